The Morgan fingerprint density at radius 3 is 2.75 bits per heavy atom. The molecule has 0 fully saturated rings. The van der Waals surface area contributed by atoms with Crippen LogP contribution in [0.25, 0.3) is 5.69 Å². The van der Waals surface area contributed by atoms with Crippen molar-refractivity contribution in [1.29, 1.82) is 5.26 Å². The normalized spacial score (nSPS) is 10.5. The Balaban J connectivity index is 1.68. The van der Waals surface area contributed by atoms with Crippen LogP contribution in [0.15, 0.2) is 47.6 Å². The Bertz CT molecular complexity index is 1050. The maximum Gasteiger partial charge on any atom is 0.316 e. The van der Waals surface area contributed by atoms with Gasteiger partial charge in [0.1, 0.15) is 12.4 Å². The molecule has 1 aromatic heterocycles. The Morgan fingerprint density at radius 1 is 1.18 bits per heavy atom. The number of carbonyl (C=O) groups excluding carboxylic acids is 1. The van der Waals surface area contributed by atoms with Gasteiger partial charge in [-0.15, -0.1) is 10.2 Å². The number of aryl methyl sites for hydroxylation is 3. The Morgan fingerprint density at radius 2 is 1.96 bits per heavy atom. The molecule has 3 aromatic rings. The summed E-state index contributed by atoms with van der Waals surface area (Å²) in [4.78, 5) is 12.2. The second-order valence-electron chi connectivity index (χ2n) is 6.37. The van der Waals surface area contributed by atoms with E-state index in [1.165, 1.54) is 11.8 Å². The van der Waals surface area contributed by atoms with Gasteiger partial charge < -0.3 is 4.74 Å². The minimum absolute atomic E-state index is 0.0752. The molecule has 0 saturated heterocycles. The first kappa shape index (κ1) is 19.6. The molecule has 0 aliphatic carbocycles. The first-order chi connectivity index (χ1) is 13.5. The van der Waals surface area contributed by atoms with Gasteiger partial charge in [0, 0.05) is 5.56 Å². The zero-order chi connectivity index (χ0) is 20.1. The Kier molecular flexibility index (Phi) is 6.12. The number of esters is 1. The highest BCUT2D eigenvalue weighted by Gasteiger charge is 2.16. The molecule has 0 saturated carbocycles. The van der Waals surface area contributed by atoms with Crippen LogP contribution in [0.2, 0.25) is 0 Å². The molecule has 0 aliphatic rings. The number of nitrogens with zero attached hydrogens (tertiary/aromatic N) is 4. The van der Waals surface area contributed by atoms with Crippen LogP contribution in [0.4, 0.5) is 0 Å². The number of thioether (sulfide) groups is 1. The zero-order valence-corrected chi connectivity index (χ0v) is 16.8. The maximum absolute atomic E-state index is 12.2. The molecule has 7 heteroatoms. The van der Waals surface area contributed by atoms with Crippen molar-refractivity contribution in [3.63, 3.8) is 0 Å². The van der Waals surface area contributed by atoms with Gasteiger partial charge in [-0.3, -0.25) is 9.36 Å². The fourth-order valence-electron chi connectivity index (χ4n) is 2.75. The third-order valence-electron chi connectivity index (χ3n) is 4.25. The summed E-state index contributed by atoms with van der Waals surface area (Å²) in [5.74, 6) is 0.496. The van der Waals surface area contributed by atoms with Crippen molar-refractivity contribution in [3.05, 3.63) is 70.5 Å². The number of ether oxygens (including phenoxy) is 1. The molecule has 2 aromatic carbocycles. The van der Waals surface area contributed by atoms with Crippen molar-refractivity contribution in [1.82, 2.24) is 14.8 Å². The van der Waals surface area contributed by atoms with Crippen molar-refractivity contribution in [3.8, 4) is 11.8 Å². The van der Waals surface area contributed by atoms with Crippen LogP contribution in [0.5, 0.6) is 0 Å². The fourth-order valence-corrected chi connectivity index (χ4v) is 3.54. The summed E-state index contributed by atoms with van der Waals surface area (Å²) in [5.41, 5.74) is 4.44. The minimum Gasteiger partial charge on any atom is -0.460 e. The topological polar surface area (TPSA) is 80.8 Å². The molecule has 6 nitrogen and oxygen atoms in total. The van der Waals surface area contributed by atoms with Gasteiger partial charge in [-0.1, -0.05) is 42.1 Å². The number of nitriles is 1. The molecule has 0 N–H and O–H groups in total. The van der Waals surface area contributed by atoms with Gasteiger partial charge in [-0.2, -0.15) is 5.26 Å². The molecule has 1 heterocycles. The number of hydrogen-bond acceptors (Lipinski definition) is 6. The van der Waals surface area contributed by atoms with E-state index in [-0.39, 0.29) is 18.3 Å². The maximum atomic E-state index is 12.2. The van der Waals surface area contributed by atoms with E-state index in [0.717, 1.165) is 22.6 Å². The molecule has 0 atom stereocenters. The van der Waals surface area contributed by atoms with Crippen molar-refractivity contribution < 1.29 is 9.53 Å². The lowest BCUT2D eigenvalue weighted by molar-refractivity contribution is -0.141. The third kappa shape index (κ3) is 4.41. The first-order valence-electron chi connectivity index (χ1n) is 8.75. The number of carbonyl (C=O) groups is 1. The summed E-state index contributed by atoms with van der Waals surface area (Å²) >= 11 is 1.28. The molecule has 142 valence electrons. The molecule has 0 radical (unpaired) electrons. The lowest BCUT2D eigenvalue weighted by atomic mass is 10.1. The largest absolute Gasteiger partial charge is 0.460 e. The summed E-state index contributed by atoms with van der Waals surface area (Å²) in [5, 5.41) is 18.1. The Labute approximate surface area is 168 Å². The molecule has 3 rings (SSSR count). The van der Waals surface area contributed by atoms with E-state index < -0.39 is 0 Å². The van der Waals surface area contributed by atoms with Crippen LogP contribution in [-0.4, -0.2) is 26.5 Å². The highest BCUT2D eigenvalue weighted by Crippen LogP contribution is 2.25. The highest BCUT2D eigenvalue weighted by atomic mass is 32.2. The SMILES string of the molecule is Cc1ccc(C)c(-n2c(C)nnc2SCC(=O)OCc2ccccc2C#N)c1. The van der Waals surface area contributed by atoms with Crippen molar-refractivity contribution in [2.75, 3.05) is 5.75 Å². The van der Waals surface area contributed by atoms with Gasteiger partial charge in [0.25, 0.3) is 0 Å². The predicted octanol–water partition coefficient (Wildman–Crippen LogP) is 3.90. The Hall–Kier alpha value is -3.11. The van der Waals surface area contributed by atoms with E-state index >= 15 is 0 Å². The average molecular weight is 392 g/mol. The van der Waals surface area contributed by atoms with Crippen molar-refractivity contribution in [2.24, 2.45) is 0 Å². The molecule has 0 aliphatic heterocycles. The summed E-state index contributed by atoms with van der Waals surface area (Å²) < 4.78 is 7.27. The van der Waals surface area contributed by atoms with Crippen LogP contribution in [0.1, 0.15) is 28.1 Å². The standard InChI is InChI=1S/C21H20N4O2S/c1-14-8-9-15(2)19(10-14)25-16(3)23-24-21(25)28-13-20(26)27-12-18-7-5-4-6-17(18)11-22/h4-10H,12-13H2,1-3H3. The second kappa shape index (κ2) is 8.72. The fraction of sp³-hybridized carbons (Fsp3) is 0.238. The van der Waals surface area contributed by atoms with Gasteiger partial charge in [0.15, 0.2) is 5.16 Å². The molecular formula is C21H20N4O2S. The van der Waals surface area contributed by atoms with E-state index in [0.29, 0.717) is 16.3 Å². The van der Waals surface area contributed by atoms with Gasteiger partial charge in [-0.05, 0) is 44.0 Å². The van der Waals surface area contributed by atoms with Crippen molar-refractivity contribution in [2.45, 2.75) is 32.5 Å². The molecule has 0 bridgehead atoms. The number of rotatable bonds is 6. The number of hydrogen-bond donors (Lipinski definition) is 0. The van der Waals surface area contributed by atoms with E-state index in [9.17, 15) is 4.79 Å². The minimum atomic E-state index is -0.370. The number of benzene rings is 2. The molecular weight excluding hydrogens is 372 g/mol. The molecule has 0 amide bonds. The van der Waals surface area contributed by atoms with E-state index in [1.807, 2.05) is 31.4 Å². The smallest absolute Gasteiger partial charge is 0.316 e. The van der Waals surface area contributed by atoms with Crippen LogP contribution < -0.4 is 0 Å². The summed E-state index contributed by atoms with van der Waals surface area (Å²) in [6.07, 6.45) is 0. The predicted molar refractivity (Wildman–Crippen MR) is 107 cm³/mol. The zero-order valence-electron chi connectivity index (χ0n) is 16.0. The van der Waals surface area contributed by atoms with Crippen LogP contribution in [0.3, 0.4) is 0 Å². The molecule has 0 spiro atoms. The lowest BCUT2D eigenvalue weighted by Crippen LogP contribution is -2.09. The third-order valence-corrected chi connectivity index (χ3v) is 5.15. The van der Waals surface area contributed by atoms with Crippen LogP contribution >= 0.6 is 11.8 Å². The number of aromatic nitrogens is 3. The lowest BCUT2D eigenvalue weighted by Gasteiger charge is -2.12. The van der Waals surface area contributed by atoms with E-state index in [1.54, 1.807) is 18.2 Å². The summed E-state index contributed by atoms with van der Waals surface area (Å²) in [7, 11) is 0. The van der Waals surface area contributed by atoms with Gasteiger partial charge in [-0.25, -0.2) is 0 Å². The highest BCUT2D eigenvalue weighted by molar-refractivity contribution is 7.99. The second-order valence-corrected chi connectivity index (χ2v) is 7.32. The van der Waals surface area contributed by atoms with Gasteiger partial charge in [0.2, 0.25) is 0 Å². The van der Waals surface area contributed by atoms with E-state index in [4.69, 9.17) is 10.00 Å². The quantitative estimate of drug-likeness (QED) is 0.467. The van der Waals surface area contributed by atoms with Crippen LogP contribution in [-0.2, 0) is 16.1 Å². The van der Waals surface area contributed by atoms with Gasteiger partial charge in [0.05, 0.1) is 23.1 Å². The van der Waals surface area contributed by atoms with Crippen LogP contribution in [0, 0.1) is 32.1 Å². The monoisotopic (exact) mass is 392 g/mol. The first-order valence-corrected chi connectivity index (χ1v) is 9.74. The molecule has 28 heavy (non-hydrogen) atoms. The van der Waals surface area contributed by atoms with E-state index in [2.05, 4.69) is 34.5 Å². The summed E-state index contributed by atoms with van der Waals surface area (Å²) in [6.45, 7) is 6.03. The summed E-state index contributed by atoms with van der Waals surface area (Å²) in [6, 6.07) is 15.4. The average Bonchev–Trinajstić information content (AvgIpc) is 3.07. The van der Waals surface area contributed by atoms with Crippen molar-refractivity contribution >= 4 is 17.7 Å². The molecule has 0 unspecified atom stereocenters. The van der Waals surface area contributed by atoms with Gasteiger partial charge >= 0.3 is 5.97 Å².